The molecule has 0 unspecified atom stereocenters. The number of benzene rings is 2. The van der Waals surface area contributed by atoms with Gasteiger partial charge in [-0.25, -0.2) is 8.42 Å². The zero-order valence-corrected chi connectivity index (χ0v) is 15.3. The number of methoxy groups -OCH3 is 1. The summed E-state index contributed by atoms with van der Waals surface area (Å²) in [7, 11) is -0.806. The Hall–Kier alpha value is -2.54. The summed E-state index contributed by atoms with van der Waals surface area (Å²) < 4.78 is 32.0. The number of carbonyl (C=O) groups is 1. The summed E-state index contributed by atoms with van der Waals surface area (Å²) in [6.45, 7) is 2.54. The largest absolute Gasteiger partial charge is 0.495 e. The zero-order chi connectivity index (χ0) is 18.4. The number of rotatable bonds is 7. The van der Waals surface area contributed by atoms with Crippen molar-refractivity contribution in [2.75, 3.05) is 25.0 Å². The van der Waals surface area contributed by atoms with Gasteiger partial charge in [0.25, 0.3) is 15.9 Å². The minimum atomic E-state index is -3.76. The molecular formula is C18H22N2O4S. The smallest absolute Gasteiger partial charge is 0.264 e. The Morgan fingerprint density at radius 2 is 1.76 bits per heavy atom. The quantitative estimate of drug-likeness (QED) is 0.822. The van der Waals surface area contributed by atoms with E-state index in [1.54, 1.807) is 24.3 Å². The van der Waals surface area contributed by atoms with Gasteiger partial charge in [-0.1, -0.05) is 19.1 Å². The molecule has 0 atom stereocenters. The number of nitrogens with one attached hydrogen (secondary N) is 1. The fourth-order valence-corrected chi connectivity index (χ4v) is 3.50. The monoisotopic (exact) mass is 362 g/mol. The van der Waals surface area contributed by atoms with E-state index < -0.39 is 10.0 Å². The summed E-state index contributed by atoms with van der Waals surface area (Å²) in [5, 5.41) is 2.76. The molecule has 1 N–H and O–H groups in total. The molecule has 0 saturated heterocycles. The number of nitrogens with zero attached hydrogens (tertiary/aromatic N) is 1. The van der Waals surface area contributed by atoms with Crippen molar-refractivity contribution in [2.24, 2.45) is 0 Å². The highest BCUT2D eigenvalue weighted by Gasteiger charge is 2.23. The Bertz CT molecular complexity index is 832. The normalized spacial score (nSPS) is 11.0. The maximum absolute atomic E-state index is 12.8. The van der Waals surface area contributed by atoms with Gasteiger partial charge in [0.2, 0.25) is 0 Å². The lowest BCUT2D eigenvalue weighted by molar-refractivity contribution is 0.0953. The zero-order valence-electron chi connectivity index (χ0n) is 14.5. The van der Waals surface area contributed by atoms with Gasteiger partial charge in [-0.05, 0) is 42.8 Å². The van der Waals surface area contributed by atoms with Crippen molar-refractivity contribution in [3.05, 3.63) is 54.1 Å². The van der Waals surface area contributed by atoms with Gasteiger partial charge in [0.05, 0.1) is 17.7 Å². The van der Waals surface area contributed by atoms with E-state index >= 15 is 0 Å². The van der Waals surface area contributed by atoms with Gasteiger partial charge < -0.3 is 10.1 Å². The fraction of sp³-hybridized carbons (Fsp3) is 0.278. The van der Waals surface area contributed by atoms with E-state index in [0.717, 1.165) is 10.7 Å². The van der Waals surface area contributed by atoms with Crippen LogP contribution in [0.5, 0.6) is 5.75 Å². The van der Waals surface area contributed by atoms with Crippen LogP contribution < -0.4 is 14.4 Å². The summed E-state index contributed by atoms with van der Waals surface area (Å²) in [6, 6.07) is 12.8. The summed E-state index contributed by atoms with van der Waals surface area (Å²) in [5.41, 5.74) is 0.863. The summed E-state index contributed by atoms with van der Waals surface area (Å²) in [6.07, 6.45) is 0.835. The van der Waals surface area contributed by atoms with Crippen LogP contribution in [-0.2, 0) is 10.0 Å². The SMILES string of the molecule is CCCNC(=O)c1ccc(S(=O)(=O)N(C)c2ccccc2OC)cc1. The molecule has 0 saturated carbocycles. The summed E-state index contributed by atoms with van der Waals surface area (Å²) in [5.74, 6) is 0.244. The molecular weight excluding hydrogens is 340 g/mol. The molecule has 0 fully saturated rings. The Balaban J connectivity index is 2.28. The van der Waals surface area contributed by atoms with Crippen LogP contribution in [0.25, 0.3) is 0 Å². The number of para-hydroxylation sites is 2. The predicted octanol–water partition coefficient (Wildman–Crippen LogP) is 2.66. The second kappa shape index (κ2) is 8.02. The molecule has 6 nitrogen and oxygen atoms in total. The highest BCUT2D eigenvalue weighted by atomic mass is 32.2. The lowest BCUT2D eigenvalue weighted by Crippen LogP contribution is -2.27. The molecule has 2 aromatic rings. The molecule has 134 valence electrons. The molecule has 0 bridgehead atoms. The third-order valence-corrected chi connectivity index (χ3v) is 5.52. The van der Waals surface area contributed by atoms with Crippen LogP contribution in [0.15, 0.2) is 53.4 Å². The Kier molecular flexibility index (Phi) is 6.03. The summed E-state index contributed by atoms with van der Waals surface area (Å²) in [4.78, 5) is 12.0. The minimum absolute atomic E-state index is 0.105. The Labute approximate surface area is 148 Å². The number of hydrogen-bond donors (Lipinski definition) is 1. The number of ether oxygens (including phenoxy) is 1. The molecule has 25 heavy (non-hydrogen) atoms. The first-order valence-electron chi connectivity index (χ1n) is 7.92. The first-order chi connectivity index (χ1) is 11.9. The van der Waals surface area contributed by atoms with Crippen molar-refractivity contribution in [1.29, 1.82) is 0 Å². The molecule has 0 aliphatic rings. The molecule has 2 aromatic carbocycles. The van der Waals surface area contributed by atoms with Crippen molar-refractivity contribution in [2.45, 2.75) is 18.2 Å². The molecule has 2 rings (SSSR count). The highest BCUT2D eigenvalue weighted by molar-refractivity contribution is 7.92. The first-order valence-corrected chi connectivity index (χ1v) is 9.36. The molecule has 0 heterocycles. The molecule has 0 aromatic heterocycles. The second-order valence-electron chi connectivity index (χ2n) is 5.42. The van der Waals surface area contributed by atoms with E-state index in [4.69, 9.17) is 4.74 Å². The van der Waals surface area contributed by atoms with Crippen molar-refractivity contribution in [1.82, 2.24) is 5.32 Å². The maximum atomic E-state index is 12.8. The van der Waals surface area contributed by atoms with Crippen molar-refractivity contribution in [3.63, 3.8) is 0 Å². The van der Waals surface area contributed by atoms with E-state index in [1.165, 1.54) is 38.4 Å². The van der Waals surface area contributed by atoms with Crippen molar-refractivity contribution >= 4 is 21.6 Å². The van der Waals surface area contributed by atoms with Crippen LogP contribution in [0, 0.1) is 0 Å². The van der Waals surface area contributed by atoms with E-state index in [9.17, 15) is 13.2 Å². The molecule has 0 aliphatic carbocycles. The van der Waals surface area contributed by atoms with Gasteiger partial charge in [0.15, 0.2) is 0 Å². The van der Waals surface area contributed by atoms with Crippen molar-refractivity contribution in [3.8, 4) is 5.75 Å². The van der Waals surface area contributed by atoms with Crippen LogP contribution in [-0.4, -0.2) is 35.0 Å². The Morgan fingerprint density at radius 1 is 1.12 bits per heavy atom. The fourth-order valence-electron chi connectivity index (χ4n) is 2.30. The number of amides is 1. The molecule has 1 amide bonds. The van der Waals surface area contributed by atoms with E-state index in [2.05, 4.69) is 5.32 Å². The van der Waals surface area contributed by atoms with Crippen LogP contribution >= 0.6 is 0 Å². The topological polar surface area (TPSA) is 75.7 Å². The second-order valence-corrected chi connectivity index (χ2v) is 7.39. The van der Waals surface area contributed by atoms with Gasteiger partial charge in [0, 0.05) is 19.2 Å². The van der Waals surface area contributed by atoms with E-state index in [1.807, 2.05) is 6.92 Å². The van der Waals surface area contributed by atoms with Gasteiger partial charge in [0.1, 0.15) is 5.75 Å². The van der Waals surface area contributed by atoms with Crippen LogP contribution in [0.1, 0.15) is 23.7 Å². The predicted molar refractivity (Wildman–Crippen MR) is 97.6 cm³/mol. The standard InChI is InChI=1S/C18H22N2O4S/c1-4-13-19-18(21)14-9-11-15(12-10-14)25(22,23)20(2)16-7-5-6-8-17(16)24-3/h5-12H,4,13H2,1-3H3,(H,19,21). The molecule has 7 heteroatoms. The average Bonchev–Trinajstić information content (AvgIpc) is 2.65. The van der Waals surface area contributed by atoms with Gasteiger partial charge in [-0.3, -0.25) is 9.10 Å². The maximum Gasteiger partial charge on any atom is 0.264 e. The van der Waals surface area contributed by atoms with Crippen LogP contribution in [0.4, 0.5) is 5.69 Å². The first kappa shape index (κ1) is 18.8. The average molecular weight is 362 g/mol. The van der Waals surface area contributed by atoms with Gasteiger partial charge in [-0.2, -0.15) is 0 Å². The van der Waals surface area contributed by atoms with Crippen LogP contribution in [0.2, 0.25) is 0 Å². The Morgan fingerprint density at radius 3 is 2.36 bits per heavy atom. The van der Waals surface area contributed by atoms with E-state index in [-0.39, 0.29) is 10.8 Å². The number of sulfonamides is 1. The molecule has 0 aliphatic heterocycles. The highest BCUT2D eigenvalue weighted by Crippen LogP contribution is 2.30. The number of carbonyl (C=O) groups excluding carboxylic acids is 1. The number of hydrogen-bond acceptors (Lipinski definition) is 4. The third kappa shape index (κ3) is 4.11. The van der Waals surface area contributed by atoms with E-state index in [0.29, 0.717) is 23.5 Å². The lowest BCUT2D eigenvalue weighted by atomic mass is 10.2. The van der Waals surface area contributed by atoms with Crippen LogP contribution in [0.3, 0.4) is 0 Å². The number of anilines is 1. The van der Waals surface area contributed by atoms with Crippen molar-refractivity contribution < 1.29 is 17.9 Å². The summed E-state index contributed by atoms with van der Waals surface area (Å²) >= 11 is 0. The minimum Gasteiger partial charge on any atom is -0.495 e. The molecule has 0 spiro atoms. The third-order valence-electron chi connectivity index (χ3n) is 3.73. The molecule has 0 radical (unpaired) electrons. The van der Waals surface area contributed by atoms with Gasteiger partial charge in [-0.15, -0.1) is 0 Å². The van der Waals surface area contributed by atoms with Gasteiger partial charge >= 0.3 is 0 Å². The lowest BCUT2D eigenvalue weighted by Gasteiger charge is -2.21.